The maximum absolute atomic E-state index is 12.3. The van der Waals surface area contributed by atoms with Gasteiger partial charge in [-0.05, 0) is 57.7 Å². The van der Waals surface area contributed by atoms with E-state index in [0.717, 1.165) is 39.9 Å². The van der Waals surface area contributed by atoms with Crippen LogP contribution >= 0.6 is 27.7 Å². The summed E-state index contributed by atoms with van der Waals surface area (Å²) >= 11 is 5.22. The third-order valence-electron chi connectivity index (χ3n) is 4.47. The highest BCUT2D eigenvalue weighted by Gasteiger charge is 2.27. The van der Waals surface area contributed by atoms with Gasteiger partial charge in [0.2, 0.25) is 0 Å². The number of fused-ring (bicyclic) bond motifs is 1. The van der Waals surface area contributed by atoms with Gasteiger partial charge >= 0.3 is 6.09 Å². The van der Waals surface area contributed by atoms with E-state index in [0.29, 0.717) is 17.8 Å². The summed E-state index contributed by atoms with van der Waals surface area (Å²) in [5.74, 6) is 1.30. The zero-order chi connectivity index (χ0) is 19.6. The molecular formula is C20H25BrN2O3S. The number of hydrogen-bond donors (Lipinski definition) is 1. The number of ether oxygens (including phenoxy) is 1. The van der Waals surface area contributed by atoms with Crippen molar-refractivity contribution in [2.45, 2.75) is 44.1 Å². The monoisotopic (exact) mass is 452 g/mol. The maximum atomic E-state index is 12.3. The second-order valence-corrected chi connectivity index (χ2v) is 9.90. The summed E-state index contributed by atoms with van der Waals surface area (Å²) in [6.45, 7) is 7.14. The molecule has 2 heterocycles. The lowest BCUT2D eigenvalue weighted by Crippen LogP contribution is -2.43. The number of hydrogen-bond acceptors (Lipinski definition) is 4. The van der Waals surface area contributed by atoms with Gasteiger partial charge in [-0.2, -0.15) is 0 Å². The fourth-order valence-electron chi connectivity index (χ4n) is 3.23. The molecule has 0 aliphatic carbocycles. The number of benzene rings is 1. The molecule has 0 saturated carbocycles. The van der Waals surface area contributed by atoms with Crippen LogP contribution in [-0.4, -0.2) is 40.4 Å². The Morgan fingerprint density at radius 1 is 1.37 bits per heavy atom. The zero-order valence-corrected chi connectivity index (χ0v) is 18.3. The molecule has 1 saturated heterocycles. The fourth-order valence-corrected chi connectivity index (χ4v) is 4.74. The normalized spacial score (nSPS) is 17.9. The fraction of sp³-hybridized carbons (Fsp3) is 0.500. The lowest BCUT2D eigenvalue weighted by Gasteiger charge is -2.34. The molecule has 0 bridgehead atoms. The van der Waals surface area contributed by atoms with Crippen molar-refractivity contribution in [3.63, 3.8) is 0 Å². The van der Waals surface area contributed by atoms with Gasteiger partial charge < -0.3 is 14.6 Å². The number of thioether (sulfide) groups is 1. The second kappa shape index (κ2) is 8.27. The summed E-state index contributed by atoms with van der Waals surface area (Å²) in [5, 5.41) is 1.65. The van der Waals surface area contributed by atoms with Gasteiger partial charge in [0, 0.05) is 45.2 Å². The van der Waals surface area contributed by atoms with Crippen molar-refractivity contribution in [1.82, 2.24) is 9.88 Å². The third kappa shape index (κ3) is 5.29. The minimum absolute atomic E-state index is 0.0735. The Kier molecular flexibility index (Phi) is 6.21. The van der Waals surface area contributed by atoms with Crippen molar-refractivity contribution >= 4 is 44.6 Å². The molecule has 5 nitrogen and oxygen atoms in total. The van der Waals surface area contributed by atoms with E-state index in [2.05, 4.69) is 20.9 Å². The van der Waals surface area contributed by atoms with Crippen LogP contribution in [0.15, 0.2) is 38.6 Å². The number of likely N-dealkylation sites (tertiary alicyclic amines) is 1. The van der Waals surface area contributed by atoms with Crippen LogP contribution in [-0.2, 0) is 4.74 Å². The van der Waals surface area contributed by atoms with Crippen molar-refractivity contribution in [3.8, 4) is 0 Å². The van der Waals surface area contributed by atoms with Crippen LogP contribution in [0.3, 0.4) is 0 Å². The molecule has 1 fully saturated rings. The third-order valence-corrected chi connectivity index (χ3v) is 6.25. The molecule has 1 aromatic carbocycles. The first-order chi connectivity index (χ1) is 12.7. The summed E-state index contributed by atoms with van der Waals surface area (Å²) in [6.07, 6.45) is 3.64. The molecule has 0 radical (unpaired) electrons. The van der Waals surface area contributed by atoms with Gasteiger partial charge in [-0.25, -0.2) is 4.79 Å². The van der Waals surface area contributed by atoms with E-state index in [4.69, 9.17) is 4.74 Å². The van der Waals surface area contributed by atoms with Crippen molar-refractivity contribution in [2.75, 3.05) is 18.8 Å². The Balaban J connectivity index is 1.67. The standard InChI is InChI=1S/C20H25BrN2O3S/c1-20(2,3)26-19(25)23-8-4-5-13(11-23)12-27-17-10-22-18(24)15-7-6-14(21)9-16(15)17/h6-7,9-10,13H,4-5,8,11-12H2,1-3H3,(H,22,24)/t13-/m0/s1. The van der Waals surface area contributed by atoms with Gasteiger partial charge in [0.1, 0.15) is 5.60 Å². The number of nitrogens with one attached hydrogen (secondary N) is 1. The van der Waals surface area contributed by atoms with Crippen molar-refractivity contribution < 1.29 is 9.53 Å². The van der Waals surface area contributed by atoms with E-state index in [-0.39, 0.29) is 11.7 Å². The topological polar surface area (TPSA) is 62.4 Å². The van der Waals surface area contributed by atoms with Crippen molar-refractivity contribution in [3.05, 3.63) is 39.2 Å². The number of piperidine rings is 1. The Hall–Kier alpha value is -1.47. The van der Waals surface area contributed by atoms with E-state index < -0.39 is 5.60 Å². The number of rotatable bonds is 3. The average Bonchev–Trinajstić information content (AvgIpc) is 2.60. The number of pyridine rings is 1. The molecule has 1 atom stereocenters. The van der Waals surface area contributed by atoms with Crippen LogP contribution in [0.25, 0.3) is 10.8 Å². The van der Waals surface area contributed by atoms with E-state index >= 15 is 0 Å². The van der Waals surface area contributed by atoms with Gasteiger partial charge in [-0.3, -0.25) is 4.79 Å². The predicted molar refractivity (Wildman–Crippen MR) is 114 cm³/mol. The van der Waals surface area contributed by atoms with Crippen LogP contribution in [0.1, 0.15) is 33.6 Å². The summed E-state index contributed by atoms with van der Waals surface area (Å²) in [7, 11) is 0. The Labute approximate surface area is 172 Å². The second-order valence-electron chi connectivity index (χ2n) is 7.92. The predicted octanol–water partition coefficient (Wildman–Crippen LogP) is 5.03. The molecule has 0 unspecified atom stereocenters. The minimum Gasteiger partial charge on any atom is -0.444 e. The van der Waals surface area contributed by atoms with Crippen LogP contribution in [0.5, 0.6) is 0 Å². The molecule has 1 N–H and O–H groups in total. The zero-order valence-electron chi connectivity index (χ0n) is 15.9. The number of amides is 1. The number of carbonyl (C=O) groups is 1. The Morgan fingerprint density at radius 3 is 2.89 bits per heavy atom. The molecule has 3 rings (SSSR count). The highest BCUT2D eigenvalue weighted by atomic mass is 79.9. The minimum atomic E-state index is -0.471. The van der Waals surface area contributed by atoms with Crippen LogP contribution < -0.4 is 5.56 Å². The highest BCUT2D eigenvalue weighted by Crippen LogP contribution is 2.31. The number of H-pyrrole nitrogens is 1. The quantitative estimate of drug-likeness (QED) is 0.663. The van der Waals surface area contributed by atoms with Crippen LogP contribution in [0.4, 0.5) is 4.79 Å². The Bertz CT molecular complexity index is 891. The molecule has 7 heteroatoms. The molecule has 1 aliphatic rings. The number of aromatic nitrogens is 1. The number of nitrogens with zero attached hydrogens (tertiary/aromatic N) is 1. The SMILES string of the molecule is CC(C)(C)OC(=O)N1CCC[C@H](CSc2c[nH]c(=O)c3ccc(Br)cc23)C1. The van der Waals surface area contributed by atoms with E-state index in [1.54, 1.807) is 18.0 Å². The molecule has 1 aliphatic heterocycles. The lowest BCUT2D eigenvalue weighted by atomic mass is 10.0. The van der Waals surface area contributed by atoms with Gasteiger partial charge in [0.15, 0.2) is 0 Å². The average molecular weight is 453 g/mol. The number of halogens is 1. The molecule has 1 amide bonds. The first-order valence-electron chi connectivity index (χ1n) is 9.14. The van der Waals surface area contributed by atoms with E-state index in [9.17, 15) is 9.59 Å². The molecule has 1 aromatic heterocycles. The van der Waals surface area contributed by atoms with Gasteiger partial charge in [-0.15, -0.1) is 11.8 Å². The first-order valence-corrected chi connectivity index (χ1v) is 10.9. The van der Waals surface area contributed by atoms with Crippen LogP contribution in [0.2, 0.25) is 0 Å². The largest absolute Gasteiger partial charge is 0.444 e. The molecule has 146 valence electrons. The van der Waals surface area contributed by atoms with Gasteiger partial charge in [-0.1, -0.05) is 15.9 Å². The number of aromatic amines is 1. The molecule has 0 spiro atoms. The van der Waals surface area contributed by atoms with E-state index in [1.807, 2.05) is 43.9 Å². The number of carbonyl (C=O) groups excluding carboxylic acids is 1. The molecule has 2 aromatic rings. The molecule has 27 heavy (non-hydrogen) atoms. The highest BCUT2D eigenvalue weighted by molar-refractivity contribution is 9.10. The maximum Gasteiger partial charge on any atom is 0.410 e. The first kappa shape index (κ1) is 20.3. The molecular weight excluding hydrogens is 428 g/mol. The van der Waals surface area contributed by atoms with E-state index in [1.165, 1.54) is 0 Å². The van der Waals surface area contributed by atoms with Crippen molar-refractivity contribution in [1.29, 1.82) is 0 Å². The van der Waals surface area contributed by atoms with Gasteiger partial charge in [0.25, 0.3) is 5.56 Å². The lowest BCUT2D eigenvalue weighted by molar-refractivity contribution is 0.0177. The van der Waals surface area contributed by atoms with Gasteiger partial charge in [0.05, 0.1) is 0 Å². The van der Waals surface area contributed by atoms with Crippen molar-refractivity contribution in [2.24, 2.45) is 5.92 Å². The van der Waals surface area contributed by atoms with Crippen LogP contribution in [0, 0.1) is 5.92 Å². The summed E-state index contributed by atoms with van der Waals surface area (Å²) < 4.78 is 6.46. The summed E-state index contributed by atoms with van der Waals surface area (Å²) in [4.78, 5) is 30.1. The summed E-state index contributed by atoms with van der Waals surface area (Å²) in [5.41, 5.74) is -0.545. The summed E-state index contributed by atoms with van der Waals surface area (Å²) in [6, 6.07) is 5.71. The smallest absolute Gasteiger partial charge is 0.410 e. The Morgan fingerprint density at radius 2 is 2.15 bits per heavy atom.